The van der Waals surface area contributed by atoms with Crippen LogP contribution < -0.4 is 14.2 Å². The van der Waals surface area contributed by atoms with Gasteiger partial charge in [-0.25, -0.2) is 0 Å². The summed E-state index contributed by atoms with van der Waals surface area (Å²) in [4.78, 5) is 4.25. The van der Waals surface area contributed by atoms with Gasteiger partial charge in [-0.05, 0) is 109 Å². The second-order valence-electron chi connectivity index (χ2n) is 10.8. The van der Waals surface area contributed by atoms with E-state index in [1.807, 2.05) is 30.6 Å². The molecular weight excluding hydrogens is 470 g/mol. The number of methoxy groups -OCH3 is 1. The van der Waals surface area contributed by atoms with E-state index in [2.05, 4.69) is 65.6 Å². The van der Waals surface area contributed by atoms with Crippen molar-refractivity contribution >= 4 is 0 Å². The molecule has 2 aliphatic rings. The molecule has 0 bridgehead atoms. The molecule has 0 radical (unpaired) electrons. The van der Waals surface area contributed by atoms with E-state index in [1.165, 1.54) is 40.7 Å². The van der Waals surface area contributed by atoms with Crippen LogP contribution in [-0.4, -0.2) is 18.2 Å². The van der Waals surface area contributed by atoms with Gasteiger partial charge in [0, 0.05) is 17.8 Å². The summed E-state index contributed by atoms with van der Waals surface area (Å²) in [5, 5.41) is 0. The lowest BCUT2D eigenvalue weighted by Gasteiger charge is -2.31. The first-order valence-electron chi connectivity index (χ1n) is 13.7. The fraction of sp³-hybridized carbons (Fsp3) is 0.324. The molecule has 1 saturated carbocycles. The minimum atomic E-state index is -0.0816. The average Bonchev–Trinajstić information content (AvgIpc) is 3.61. The molecule has 4 nitrogen and oxygen atoms in total. The Bertz CT molecular complexity index is 1370. The molecule has 0 saturated heterocycles. The van der Waals surface area contributed by atoms with Crippen LogP contribution in [0, 0.1) is 0 Å². The summed E-state index contributed by atoms with van der Waals surface area (Å²) >= 11 is 0. The minimum Gasteiger partial charge on any atom is -0.493 e. The summed E-state index contributed by atoms with van der Waals surface area (Å²) in [7, 11) is 1.73. The number of benzene rings is 3. The van der Waals surface area contributed by atoms with E-state index in [9.17, 15) is 0 Å². The van der Waals surface area contributed by atoms with Gasteiger partial charge in [0.2, 0.25) is 0 Å². The maximum atomic E-state index is 6.51. The molecule has 38 heavy (non-hydrogen) atoms. The van der Waals surface area contributed by atoms with Gasteiger partial charge < -0.3 is 14.2 Å². The topological polar surface area (TPSA) is 40.6 Å². The van der Waals surface area contributed by atoms with Crippen molar-refractivity contribution in [3.63, 3.8) is 0 Å². The molecule has 3 aromatic carbocycles. The van der Waals surface area contributed by atoms with Crippen molar-refractivity contribution in [2.75, 3.05) is 7.11 Å². The molecule has 1 aromatic heterocycles. The van der Waals surface area contributed by atoms with Crippen LogP contribution in [0.5, 0.6) is 17.2 Å². The number of hydrogen-bond donors (Lipinski definition) is 0. The molecule has 0 amide bonds. The minimum absolute atomic E-state index is 0.0816. The molecule has 4 heteroatoms. The SMILES string of the molecule is COc1ccc(C2(Cc3ccncc3)Cc3ccc(OCc4ccccc4)cc3C2)cc1OC1CCCC1. The van der Waals surface area contributed by atoms with Crippen molar-refractivity contribution in [2.45, 2.75) is 63.1 Å². The zero-order chi connectivity index (χ0) is 25.8. The van der Waals surface area contributed by atoms with Gasteiger partial charge in [-0.3, -0.25) is 4.98 Å². The number of pyridine rings is 1. The number of hydrogen-bond acceptors (Lipinski definition) is 4. The number of aromatic nitrogens is 1. The highest BCUT2D eigenvalue weighted by Crippen LogP contribution is 2.46. The number of fused-ring (bicyclic) bond motifs is 1. The Morgan fingerprint density at radius 2 is 1.58 bits per heavy atom. The Kier molecular flexibility index (Phi) is 7.04. The molecule has 0 N–H and O–H groups in total. The smallest absolute Gasteiger partial charge is 0.161 e. The van der Waals surface area contributed by atoms with Crippen molar-refractivity contribution in [3.8, 4) is 17.2 Å². The molecule has 1 heterocycles. The Hall–Kier alpha value is -3.79. The van der Waals surface area contributed by atoms with E-state index in [1.54, 1.807) is 7.11 Å². The molecule has 1 fully saturated rings. The standard InChI is InChI=1S/C34H35NO3/c1-36-32-14-12-29(20-33(32)38-30-9-5-6-10-30)34(21-25-15-17-35-18-16-25)22-27-11-13-31(19-28(27)23-34)37-24-26-7-3-2-4-8-26/h2-4,7-8,11-20,30H,5-6,9-10,21-24H2,1H3. The van der Waals surface area contributed by atoms with Crippen LogP contribution in [0.3, 0.4) is 0 Å². The number of nitrogens with zero attached hydrogens (tertiary/aromatic N) is 1. The van der Waals surface area contributed by atoms with Gasteiger partial charge >= 0.3 is 0 Å². The third-order valence-corrected chi connectivity index (χ3v) is 8.15. The Labute approximate surface area is 225 Å². The first-order valence-corrected chi connectivity index (χ1v) is 13.7. The van der Waals surface area contributed by atoms with Gasteiger partial charge in [0.1, 0.15) is 12.4 Å². The van der Waals surface area contributed by atoms with Crippen molar-refractivity contribution in [1.29, 1.82) is 0 Å². The molecule has 0 spiro atoms. The van der Waals surface area contributed by atoms with E-state index in [-0.39, 0.29) is 11.5 Å². The van der Waals surface area contributed by atoms with Gasteiger partial charge in [-0.15, -0.1) is 0 Å². The lowest BCUT2D eigenvalue weighted by Crippen LogP contribution is -2.30. The lowest BCUT2D eigenvalue weighted by atomic mass is 9.73. The van der Waals surface area contributed by atoms with E-state index >= 15 is 0 Å². The average molecular weight is 506 g/mol. The summed E-state index contributed by atoms with van der Waals surface area (Å²) < 4.78 is 18.4. The third kappa shape index (κ3) is 5.26. The van der Waals surface area contributed by atoms with Gasteiger partial charge in [0.15, 0.2) is 11.5 Å². The first-order chi connectivity index (χ1) is 18.7. The molecule has 4 aromatic rings. The number of ether oxygens (including phenoxy) is 3. The Balaban J connectivity index is 1.31. The summed E-state index contributed by atoms with van der Waals surface area (Å²) in [6.07, 6.45) is 11.6. The Morgan fingerprint density at radius 1 is 0.789 bits per heavy atom. The summed E-state index contributed by atoms with van der Waals surface area (Å²) in [6.45, 7) is 0.572. The van der Waals surface area contributed by atoms with E-state index < -0.39 is 0 Å². The molecule has 1 unspecified atom stereocenters. The Morgan fingerprint density at radius 3 is 2.37 bits per heavy atom. The quantitative estimate of drug-likeness (QED) is 0.240. The molecule has 6 rings (SSSR count). The monoisotopic (exact) mass is 505 g/mol. The third-order valence-electron chi connectivity index (χ3n) is 8.15. The molecule has 194 valence electrons. The lowest BCUT2D eigenvalue weighted by molar-refractivity contribution is 0.200. The van der Waals surface area contributed by atoms with Crippen LogP contribution in [0.2, 0.25) is 0 Å². The fourth-order valence-electron chi connectivity index (χ4n) is 6.17. The van der Waals surface area contributed by atoms with Crippen LogP contribution in [0.4, 0.5) is 0 Å². The van der Waals surface area contributed by atoms with Crippen LogP contribution in [-0.2, 0) is 31.3 Å². The van der Waals surface area contributed by atoms with Crippen LogP contribution in [0.25, 0.3) is 0 Å². The maximum Gasteiger partial charge on any atom is 0.161 e. The van der Waals surface area contributed by atoms with E-state index in [0.29, 0.717) is 6.61 Å². The van der Waals surface area contributed by atoms with E-state index in [4.69, 9.17) is 14.2 Å². The summed E-state index contributed by atoms with van der Waals surface area (Å²) in [5.41, 5.74) is 6.43. The van der Waals surface area contributed by atoms with Crippen molar-refractivity contribution < 1.29 is 14.2 Å². The second-order valence-corrected chi connectivity index (χ2v) is 10.8. The molecule has 1 atom stereocenters. The first kappa shape index (κ1) is 24.5. The van der Waals surface area contributed by atoms with Gasteiger partial charge in [0.25, 0.3) is 0 Å². The van der Waals surface area contributed by atoms with Crippen molar-refractivity contribution in [3.05, 3.63) is 119 Å². The predicted octanol–water partition coefficient (Wildman–Crippen LogP) is 7.27. The zero-order valence-corrected chi connectivity index (χ0v) is 22.1. The molecule has 2 aliphatic carbocycles. The maximum absolute atomic E-state index is 6.51. The van der Waals surface area contributed by atoms with Crippen LogP contribution in [0.1, 0.15) is 53.5 Å². The summed E-state index contributed by atoms with van der Waals surface area (Å²) in [6, 6.07) is 27.8. The molecule has 0 aliphatic heterocycles. The van der Waals surface area contributed by atoms with Crippen molar-refractivity contribution in [1.82, 2.24) is 4.98 Å². The predicted molar refractivity (Wildman–Crippen MR) is 150 cm³/mol. The van der Waals surface area contributed by atoms with Gasteiger partial charge in [-0.1, -0.05) is 42.5 Å². The summed E-state index contributed by atoms with van der Waals surface area (Å²) in [5.74, 6) is 2.60. The van der Waals surface area contributed by atoms with Gasteiger partial charge in [0.05, 0.1) is 13.2 Å². The zero-order valence-electron chi connectivity index (χ0n) is 22.1. The fourth-order valence-corrected chi connectivity index (χ4v) is 6.17. The molecular formula is C34H35NO3. The normalized spacial score (nSPS) is 18.8. The van der Waals surface area contributed by atoms with E-state index in [0.717, 1.165) is 49.4 Å². The van der Waals surface area contributed by atoms with Crippen LogP contribution >= 0.6 is 0 Å². The highest BCUT2D eigenvalue weighted by atomic mass is 16.5. The van der Waals surface area contributed by atoms with Crippen LogP contribution in [0.15, 0.2) is 91.3 Å². The largest absolute Gasteiger partial charge is 0.493 e. The van der Waals surface area contributed by atoms with Crippen molar-refractivity contribution in [2.24, 2.45) is 0 Å². The second kappa shape index (κ2) is 10.9. The highest BCUT2D eigenvalue weighted by Gasteiger charge is 2.40. The number of rotatable bonds is 9. The highest BCUT2D eigenvalue weighted by molar-refractivity contribution is 5.51. The van der Waals surface area contributed by atoms with Gasteiger partial charge in [-0.2, -0.15) is 0 Å².